The van der Waals surface area contributed by atoms with E-state index in [4.69, 9.17) is 4.74 Å². The van der Waals surface area contributed by atoms with Gasteiger partial charge in [-0.05, 0) is 37.2 Å². The minimum absolute atomic E-state index is 0.139. The van der Waals surface area contributed by atoms with Gasteiger partial charge in [0, 0.05) is 57.6 Å². The molecule has 1 aliphatic carbocycles. The van der Waals surface area contributed by atoms with Gasteiger partial charge in [0.15, 0.2) is 0 Å². The Kier molecular flexibility index (Phi) is 5.96. The first-order valence-electron chi connectivity index (χ1n) is 10.5. The van der Waals surface area contributed by atoms with Crippen molar-refractivity contribution in [1.29, 1.82) is 0 Å². The van der Waals surface area contributed by atoms with E-state index < -0.39 is 0 Å². The third-order valence-electron chi connectivity index (χ3n) is 6.45. The average Bonchev–Trinajstić information content (AvgIpc) is 3.10. The van der Waals surface area contributed by atoms with Crippen LogP contribution in [0.25, 0.3) is 0 Å². The maximum absolute atomic E-state index is 12.5. The first-order valence-corrected chi connectivity index (χ1v) is 10.5. The van der Waals surface area contributed by atoms with Crippen LogP contribution in [0.1, 0.15) is 32.1 Å². The minimum atomic E-state index is 0.139. The standard InChI is InChI=1S/C20H31N5O3/c26-18(3-1-7-25-8-2-6-21-25)22-17-15-20(17)4-9-24(10-5-20)19(27)16-23-11-13-28-14-12-23/h2,6,8,17H,1,3-5,7,9-16H2,(H,22,26). The normalized spacial score (nSPS) is 24.3. The molecule has 1 atom stereocenters. The molecule has 1 aromatic rings. The Labute approximate surface area is 166 Å². The van der Waals surface area contributed by atoms with Gasteiger partial charge in [-0.1, -0.05) is 0 Å². The molecule has 3 aliphatic rings. The summed E-state index contributed by atoms with van der Waals surface area (Å²) in [6.07, 6.45) is 8.07. The van der Waals surface area contributed by atoms with Crippen molar-refractivity contribution in [2.45, 2.75) is 44.7 Å². The van der Waals surface area contributed by atoms with E-state index in [-0.39, 0.29) is 17.2 Å². The molecule has 8 nitrogen and oxygen atoms in total. The fourth-order valence-corrected chi connectivity index (χ4v) is 4.46. The number of rotatable bonds is 7. The lowest BCUT2D eigenvalue weighted by atomic mass is 9.92. The molecule has 154 valence electrons. The zero-order valence-electron chi connectivity index (χ0n) is 16.5. The van der Waals surface area contributed by atoms with Crippen LogP contribution < -0.4 is 5.32 Å². The monoisotopic (exact) mass is 389 g/mol. The fraction of sp³-hybridized carbons (Fsp3) is 0.750. The Hall–Kier alpha value is -1.93. The highest BCUT2D eigenvalue weighted by Crippen LogP contribution is 2.53. The molecule has 2 aliphatic heterocycles. The summed E-state index contributed by atoms with van der Waals surface area (Å²) in [6.45, 7) is 6.04. The van der Waals surface area contributed by atoms with Crippen molar-refractivity contribution in [2.24, 2.45) is 5.41 Å². The molecular weight excluding hydrogens is 358 g/mol. The van der Waals surface area contributed by atoms with Gasteiger partial charge >= 0.3 is 0 Å². The average molecular weight is 390 g/mol. The molecule has 1 N–H and O–H groups in total. The van der Waals surface area contributed by atoms with Crippen molar-refractivity contribution in [2.75, 3.05) is 45.9 Å². The molecule has 1 spiro atoms. The van der Waals surface area contributed by atoms with Crippen molar-refractivity contribution in [3.05, 3.63) is 18.5 Å². The maximum atomic E-state index is 12.5. The summed E-state index contributed by atoms with van der Waals surface area (Å²) in [5.74, 6) is 0.372. The van der Waals surface area contributed by atoms with Crippen molar-refractivity contribution in [3.63, 3.8) is 0 Å². The van der Waals surface area contributed by atoms with E-state index in [9.17, 15) is 9.59 Å². The lowest BCUT2D eigenvalue weighted by Crippen LogP contribution is -2.48. The first-order chi connectivity index (χ1) is 13.6. The third-order valence-corrected chi connectivity index (χ3v) is 6.45. The number of amides is 2. The zero-order chi connectivity index (χ0) is 19.4. The fourth-order valence-electron chi connectivity index (χ4n) is 4.46. The molecule has 1 aromatic heterocycles. The molecule has 1 unspecified atom stereocenters. The molecular formula is C20H31N5O3. The SMILES string of the molecule is O=C(CCCn1cccn1)NC1CC12CCN(C(=O)CN1CCOCC1)CC2. The summed E-state index contributed by atoms with van der Waals surface area (Å²) in [4.78, 5) is 28.9. The van der Waals surface area contributed by atoms with Gasteiger partial charge in [-0.25, -0.2) is 0 Å². The molecule has 3 heterocycles. The van der Waals surface area contributed by atoms with Gasteiger partial charge in [-0.2, -0.15) is 5.10 Å². The number of morpholine rings is 1. The van der Waals surface area contributed by atoms with E-state index in [1.807, 2.05) is 21.8 Å². The van der Waals surface area contributed by atoms with Gasteiger partial charge < -0.3 is 15.0 Å². The van der Waals surface area contributed by atoms with Crippen LogP contribution in [0.5, 0.6) is 0 Å². The lowest BCUT2D eigenvalue weighted by Gasteiger charge is -2.35. The number of carbonyl (C=O) groups excluding carboxylic acids is 2. The van der Waals surface area contributed by atoms with Crippen molar-refractivity contribution >= 4 is 11.8 Å². The van der Waals surface area contributed by atoms with E-state index in [1.165, 1.54) is 0 Å². The molecule has 8 heteroatoms. The van der Waals surface area contributed by atoms with Gasteiger partial charge in [-0.3, -0.25) is 19.2 Å². The van der Waals surface area contributed by atoms with Crippen molar-refractivity contribution in [1.82, 2.24) is 24.9 Å². The molecule has 0 radical (unpaired) electrons. The summed E-state index contributed by atoms with van der Waals surface area (Å²) in [5, 5.41) is 7.37. The summed E-state index contributed by atoms with van der Waals surface area (Å²) in [7, 11) is 0. The molecule has 2 amide bonds. The number of nitrogens with one attached hydrogen (secondary N) is 1. The zero-order valence-corrected chi connectivity index (χ0v) is 16.5. The van der Waals surface area contributed by atoms with Crippen LogP contribution in [0.15, 0.2) is 18.5 Å². The highest BCUT2D eigenvalue weighted by atomic mass is 16.5. The first kappa shape index (κ1) is 19.4. The number of piperidine rings is 1. The predicted octanol–water partition coefficient (Wildman–Crippen LogP) is 0.493. The largest absolute Gasteiger partial charge is 0.379 e. The number of aromatic nitrogens is 2. The number of hydrogen-bond acceptors (Lipinski definition) is 5. The quantitative estimate of drug-likeness (QED) is 0.734. The molecule has 4 rings (SSSR count). The number of ether oxygens (including phenoxy) is 1. The molecule has 3 fully saturated rings. The van der Waals surface area contributed by atoms with Crippen LogP contribution in [0, 0.1) is 5.41 Å². The van der Waals surface area contributed by atoms with Gasteiger partial charge in [0.2, 0.25) is 11.8 Å². The second-order valence-corrected chi connectivity index (χ2v) is 8.33. The van der Waals surface area contributed by atoms with E-state index in [2.05, 4.69) is 15.3 Å². The molecule has 1 saturated carbocycles. The van der Waals surface area contributed by atoms with E-state index in [0.717, 1.165) is 71.6 Å². The Bertz CT molecular complexity index is 663. The van der Waals surface area contributed by atoms with Gasteiger partial charge in [0.1, 0.15) is 0 Å². The van der Waals surface area contributed by atoms with E-state index in [1.54, 1.807) is 6.20 Å². The van der Waals surface area contributed by atoms with Gasteiger partial charge in [0.25, 0.3) is 0 Å². The van der Waals surface area contributed by atoms with E-state index >= 15 is 0 Å². The highest BCUT2D eigenvalue weighted by molar-refractivity contribution is 5.78. The number of likely N-dealkylation sites (tertiary alicyclic amines) is 1. The summed E-state index contributed by atoms with van der Waals surface area (Å²) in [5.41, 5.74) is 0.230. The Morgan fingerprint density at radius 3 is 2.68 bits per heavy atom. The Morgan fingerprint density at radius 1 is 1.18 bits per heavy atom. The number of hydrogen-bond donors (Lipinski definition) is 1. The molecule has 28 heavy (non-hydrogen) atoms. The molecule has 2 saturated heterocycles. The summed E-state index contributed by atoms with van der Waals surface area (Å²) in [6, 6.07) is 2.19. The number of carbonyl (C=O) groups is 2. The summed E-state index contributed by atoms with van der Waals surface area (Å²) >= 11 is 0. The van der Waals surface area contributed by atoms with Crippen LogP contribution in [-0.4, -0.2) is 83.4 Å². The minimum Gasteiger partial charge on any atom is -0.379 e. The predicted molar refractivity (Wildman–Crippen MR) is 104 cm³/mol. The Morgan fingerprint density at radius 2 is 1.96 bits per heavy atom. The number of nitrogens with zero attached hydrogens (tertiary/aromatic N) is 4. The lowest BCUT2D eigenvalue weighted by molar-refractivity contribution is -0.135. The second kappa shape index (κ2) is 8.61. The van der Waals surface area contributed by atoms with Crippen molar-refractivity contribution in [3.8, 4) is 0 Å². The van der Waals surface area contributed by atoms with Crippen LogP contribution >= 0.6 is 0 Å². The Balaban J connectivity index is 1.14. The van der Waals surface area contributed by atoms with Crippen LogP contribution in [0.3, 0.4) is 0 Å². The summed E-state index contributed by atoms with van der Waals surface area (Å²) < 4.78 is 7.20. The molecule has 0 bridgehead atoms. The van der Waals surface area contributed by atoms with Crippen LogP contribution in [0.2, 0.25) is 0 Å². The van der Waals surface area contributed by atoms with Crippen LogP contribution in [-0.2, 0) is 20.9 Å². The second-order valence-electron chi connectivity index (χ2n) is 8.33. The van der Waals surface area contributed by atoms with Crippen LogP contribution in [0.4, 0.5) is 0 Å². The third kappa shape index (κ3) is 4.72. The topological polar surface area (TPSA) is 79.7 Å². The van der Waals surface area contributed by atoms with E-state index in [0.29, 0.717) is 19.0 Å². The van der Waals surface area contributed by atoms with Gasteiger partial charge in [-0.15, -0.1) is 0 Å². The maximum Gasteiger partial charge on any atom is 0.236 e. The highest BCUT2D eigenvalue weighted by Gasteiger charge is 2.55. The van der Waals surface area contributed by atoms with Crippen molar-refractivity contribution < 1.29 is 14.3 Å². The smallest absolute Gasteiger partial charge is 0.236 e. The van der Waals surface area contributed by atoms with Gasteiger partial charge in [0.05, 0.1) is 19.8 Å². The number of aryl methyl sites for hydroxylation is 1. The molecule has 0 aromatic carbocycles.